The Balaban J connectivity index is 2.46. The number of rotatable bonds is 6. The molecule has 0 aliphatic rings. The highest BCUT2D eigenvalue weighted by Crippen LogP contribution is 2.22. The van der Waals surface area contributed by atoms with Crippen molar-refractivity contribution in [3.63, 3.8) is 0 Å². The van der Waals surface area contributed by atoms with Gasteiger partial charge in [-0.3, -0.25) is 0 Å². The molecule has 0 bridgehead atoms. The zero-order valence-corrected chi connectivity index (χ0v) is 11.0. The van der Waals surface area contributed by atoms with Crippen molar-refractivity contribution < 1.29 is 0 Å². The van der Waals surface area contributed by atoms with Gasteiger partial charge in [0.15, 0.2) is 0 Å². The summed E-state index contributed by atoms with van der Waals surface area (Å²) in [6.07, 6.45) is 2.34. The van der Waals surface area contributed by atoms with E-state index in [2.05, 4.69) is 43.4 Å². The van der Waals surface area contributed by atoms with Crippen LogP contribution in [-0.4, -0.2) is 11.0 Å². The van der Waals surface area contributed by atoms with E-state index in [4.69, 9.17) is 0 Å². The summed E-state index contributed by atoms with van der Waals surface area (Å²) in [6.45, 7) is 9.76. The summed E-state index contributed by atoms with van der Waals surface area (Å²) in [5.41, 5.74) is 1.19. The zero-order chi connectivity index (χ0) is 11.3. The molecule has 2 atom stereocenters. The minimum absolute atomic E-state index is 0.582. The molecule has 0 amide bonds. The number of hydrogen-bond donors (Lipinski definition) is 1. The van der Waals surface area contributed by atoms with E-state index in [9.17, 15) is 0 Å². The molecule has 1 rings (SSSR count). The topological polar surface area (TPSA) is 24.9 Å². The molecule has 0 aliphatic heterocycles. The van der Waals surface area contributed by atoms with Gasteiger partial charge in [0.1, 0.15) is 0 Å². The molecule has 2 unspecified atom stereocenters. The highest BCUT2D eigenvalue weighted by molar-refractivity contribution is 7.09. The number of nitrogens with zero attached hydrogens (tertiary/aromatic N) is 1. The fourth-order valence-electron chi connectivity index (χ4n) is 1.23. The second-order valence-corrected chi connectivity index (χ2v) is 5.07. The standard InChI is InChI=1S/C12H22N2S/c1-5-9(3)12-14-11(8-15-12)7-13-10(4)6-2/h8-10,13H,5-7H2,1-4H3. The summed E-state index contributed by atoms with van der Waals surface area (Å²) in [6, 6.07) is 0.582. The first kappa shape index (κ1) is 12.7. The molecule has 0 spiro atoms. The lowest BCUT2D eigenvalue weighted by Gasteiger charge is -2.09. The molecular weight excluding hydrogens is 204 g/mol. The van der Waals surface area contributed by atoms with Gasteiger partial charge in [0, 0.05) is 23.9 Å². The molecule has 15 heavy (non-hydrogen) atoms. The van der Waals surface area contributed by atoms with E-state index in [0.29, 0.717) is 12.0 Å². The maximum atomic E-state index is 4.64. The van der Waals surface area contributed by atoms with E-state index in [-0.39, 0.29) is 0 Å². The van der Waals surface area contributed by atoms with Crippen molar-refractivity contribution in [2.45, 2.75) is 59.0 Å². The van der Waals surface area contributed by atoms with Crippen LogP contribution in [-0.2, 0) is 6.54 Å². The molecule has 86 valence electrons. The van der Waals surface area contributed by atoms with Crippen LogP contribution in [0.15, 0.2) is 5.38 Å². The fraction of sp³-hybridized carbons (Fsp3) is 0.750. The minimum atomic E-state index is 0.582. The Morgan fingerprint density at radius 1 is 1.33 bits per heavy atom. The monoisotopic (exact) mass is 226 g/mol. The van der Waals surface area contributed by atoms with E-state index < -0.39 is 0 Å². The molecule has 0 aromatic carbocycles. The van der Waals surface area contributed by atoms with Crippen molar-refractivity contribution >= 4 is 11.3 Å². The van der Waals surface area contributed by atoms with E-state index in [1.807, 2.05) is 0 Å². The van der Waals surface area contributed by atoms with Gasteiger partial charge in [-0.25, -0.2) is 4.98 Å². The summed E-state index contributed by atoms with van der Waals surface area (Å²) in [5, 5.41) is 6.92. The van der Waals surface area contributed by atoms with Gasteiger partial charge < -0.3 is 5.32 Å². The minimum Gasteiger partial charge on any atom is -0.309 e. The molecule has 1 aromatic rings. The fourth-order valence-corrected chi connectivity index (χ4v) is 2.19. The molecule has 0 radical (unpaired) electrons. The van der Waals surface area contributed by atoms with Crippen molar-refractivity contribution in [1.82, 2.24) is 10.3 Å². The van der Waals surface area contributed by atoms with Crippen LogP contribution in [0.5, 0.6) is 0 Å². The molecular formula is C12H22N2S. The van der Waals surface area contributed by atoms with Crippen molar-refractivity contribution in [2.75, 3.05) is 0 Å². The molecule has 1 aromatic heterocycles. The Morgan fingerprint density at radius 3 is 2.67 bits per heavy atom. The summed E-state index contributed by atoms with van der Waals surface area (Å²) >= 11 is 1.79. The van der Waals surface area contributed by atoms with E-state index in [1.54, 1.807) is 11.3 Å². The first-order valence-corrected chi connectivity index (χ1v) is 6.73. The van der Waals surface area contributed by atoms with E-state index >= 15 is 0 Å². The highest BCUT2D eigenvalue weighted by atomic mass is 32.1. The Bertz CT molecular complexity index is 283. The molecule has 3 heteroatoms. The van der Waals surface area contributed by atoms with Gasteiger partial charge in [0.25, 0.3) is 0 Å². The maximum absolute atomic E-state index is 4.64. The van der Waals surface area contributed by atoms with Crippen LogP contribution < -0.4 is 5.32 Å². The largest absolute Gasteiger partial charge is 0.309 e. The lowest BCUT2D eigenvalue weighted by Crippen LogP contribution is -2.24. The Morgan fingerprint density at radius 2 is 2.07 bits per heavy atom. The number of aromatic nitrogens is 1. The molecule has 1 heterocycles. The third-order valence-electron chi connectivity index (χ3n) is 2.85. The first-order chi connectivity index (χ1) is 7.17. The maximum Gasteiger partial charge on any atom is 0.0956 e. The number of hydrogen-bond acceptors (Lipinski definition) is 3. The normalized spacial score (nSPS) is 15.2. The first-order valence-electron chi connectivity index (χ1n) is 5.85. The van der Waals surface area contributed by atoms with E-state index in [0.717, 1.165) is 6.54 Å². The lowest BCUT2D eigenvalue weighted by atomic mass is 10.1. The van der Waals surface area contributed by atoms with Gasteiger partial charge in [0.2, 0.25) is 0 Å². The summed E-state index contributed by atoms with van der Waals surface area (Å²) in [7, 11) is 0. The van der Waals surface area contributed by atoms with Crippen LogP contribution in [0.2, 0.25) is 0 Å². The summed E-state index contributed by atoms with van der Waals surface area (Å²) in [4.78, 5) is 4.64. The Kier molecular flexibility index (Phi) is 5.26. The van der Waals surface area contributed by atoms with E-state index in [1.165, 1.54) is 23.5 Å². The molecule has 0 saturated carbocycles. The molecule has 0 fully saturated rings. The molecule has 1 N–H and O–H groups in total. The van der Waals surface area contributed by atoms with Gasteiger partial charge in [0.05, 0.1) is 10.7 Å². The molecule has 0 saturated heterocycles. The van der Waals surface area contributed by atoms with Crippen molar-refractivity contribution in [1.29, 1.82) is 0 Å². The molecule has 0 aliphatic carbocycles. The van der Waals surface area contributed by atoms with Gasteiger partial charge in [-0.2, -0.15) is 0 Å². The smallest absolute Gasteiger partial charge is 0.0956 e. The van der Waals surface area contributed by atoms with Crippen LogP contribution in [0.1, 0.15) is 57.2 Å². The number of nitrogens with one attached hydrogen (secondary N) is 1. The quantitative estimate of drug-likeness (QED) is 0.802. The Hall–Kier alpha value is -0.410. The lowest BCUT2D eigenvalue weighted by molar-refractivity contribution is 0.529. The summed E-state index contributed by atoms with van der Waals surface area (Å²) < 4.78 is 0. The van der Waals surface area contributed by atoms with Gasteiger partial charge >= 0.3 is 0 Å². The van der Waals surface area contributed by atoms with Crippen LogP contribution in [0, 0.1) is 0 Å². The zero-order valence-electron chi connectivity index (χ0n) is 10.2. The van der Waals surface area contributed by atoms with Crippen LogP contribution >= 0.6 is 11.3 Å². The predicted molar refractivity (Wildman–Crippen MR) is 67.4 cm³/mol. The number of thiazole rings is 1. The van der Waals surface area contributed by atoms with Crippen molar-refractivity contribution in [3.05, 3.63) is 16.1 Å². The second-order valence-electron chi connectivity index (χ2n) is 4.18. The van der Waals surface area contributed by atoms with Crippen molar-refractivity contribution in [3.8, 4) is 0 Å². The van der Waals surface area contributed by atoms with Crippen LogP contribution in [0.3, 0.4) is 0 Å². The van der Waals surface area contributed by atoms with Crippen LogP contribution in [0.4, 0.5) is 0 Å². The highest BCUT2D eigenvalue weighted by Gasteiger charge is 2.08. The Labute approximate surface area is 97.1 Å². The third-order valence-corrected chi connectivity index (χ3v) is 3.97. The second kappa shape index (κ2) is 6.23. The van der Waals surface area contributed by atoms with Gasteiger partial charge in [-0.1, -0.05) is 20.8 Å². The van der Waals surface area contributed by atoms with Crippen LogP contribution in [0.25, 0.3) is 0 Å². The molecule has 2 nitrogen and oxygen atoms in total. The average Bonchev–Trinajstić information content (AvgIpc) is 2.73. The predicted octanol–water partition coefficient (Wildman–Crippen LogP) is 3.54. The summed E-state index contributed by atoms with van der Waals surface area (Å²) in [5.74, 6) is 0.604. The average molecular weight is 226 g/mol. The van der Waals surface area contributed by atoms with Crippen molar-refractivity contribution in [2.24, 2.45) is 0 Å². The van der Waals surface area contributed by atoms with Gasteiger partial charge in [-0.15, -0.1) is 11.3 Å². The third kappa shape index (κ3) is 3.92. The van der Waals surface area contributed by atoms with Gasteiger partial charge in [-0.05, 0) is 19.8 Å². The SMILES string of the molecule is CCC(C)NCc1csc(C(C)CC)n1.